The van der Waals surface area contributed by atoms with Crippen LogP contribution in [-0.2, 0) is 0 Å². The highest BCUT2D eigenvalue weighted by Gasteiger charge is 2.17. The SMILES string of the molecule is c1ccc(-c2cccc(-c3nc(-c4ccc5cc6c(cc5c4)oc4ccccc46)nc(-c4cccc5c(-c6ccccc6)cccc45)n3)c2)cc1. The summed E-state index contributed by atoms with van der Waals surface area (Å²) in [5, 5.41) is 6.66. The number of fused-ring (bicyclic) bond motifs is 5. The van der Waals surface area contributed by atoms with Crippen LogP contribution in [0.4, 0.5) is 0 Å². The van der Waals surface area contributed by atoms with E-state index in [0.29, 0.717) is 17.5 Å². The molecule has 0 fully saturated rings. The molecule has 0 aliphatic carbocycles. The molecule has 0 unspecified atom stereocenters. The van der Waals surface area contributed by atoms with E-state index < -0.39 is 0 Å². The third-order valence-corrected chi connectivity index (χ3v) is 9.71. The first-order valence-electron chi connectivity index (χ1n) is 17.1. The molecule has 0 aliphatic rings. The summed E-state index contributed by atoms with van der Waals surface area (Å²) in [5.74, 6) is 1.86. The molecule has 0 bridgehead atoms. The highest BCUT2D eigenvalue weighted by atomic mass is 16.3. The molecule has 0 spiro atoms. The summed E-state index contributed by atoms with van der Waals surface area (Å²) < 4.78 is 6.25. The minimum Gasteiger partial charge on any atom is -0.456 e. The zero-order valence-electron chi connectivity index (χ0n) is 27.5. The summed E-state index contributed by atoms with van der Waals surface area (Å²) in [5.41, 5.74) is 9.13. The van der Waals surface area contributed by atoms with Gasteiger partial charge in [-0.15, -0.1) is 0 Å². The zero-order valence-corrected chi connectivity index (χ0v) is 27.5. The third-order valence-electron chi connectivity index (χ3n) is 9.71. The summed E-state index contributed by atoms with van der Waals surface area (Å²) in [6.45, 7) is 0. The second-order valence-corrected chi connectivity index (χ2v) is 12.8. The molecular weight excluding hydrogens is 623 g/mol. The Morgan fingerprint density at radius 3 is 1.69 bits per heavy atom. The topological polar surface area (TPSA) is 51.8 Å². The van der Waals surface area contributed by atoms with Crippen molar-refractivity contribution >= 4 is 43.5 Å². The quantitative estimate of drug-likeness (QED) is 0.186. The van der Waals surface area contributed by atoms with Crippen LogP contribution in [0.2, 0.25) is 0 Å². The van der Waals surface area contributed by atoms with Crippen LogP contribution >= 0.6 is 0 Å². The predicted molar refractivity (Wildman–Crippen MR) is 209 cm³/mol. The molecule has 0 saturated heterocycles. The number of nitrogens with zero attached hydrogens (tertiary/aromatic N) is 3. The highest BCUT2D eigenvalue weighted by Crippen LogP contribution is 2.37. The second kappa shape index (κ2) is 11.9. The molecule has 0 aliphatic heterocycles. The number of benzene rings is 8. The number of furan rings is 1. The largest absolute Gasteiger partial charge is 0.456 e. The lowest BCUT2D eigenvalue weighted by Gasteiger charge is -2.13. The first-order valence-corrected chi connectivity index (χ1v) is 17.1. The van der Waals surface area contributed by atoms with E-state index in [4.69, 9.17) is 19.4 Å². The molecule has 238 valence electrons. The van der Waals surface area contributed by atoms with Crippen LogP contribution in [0.1, 0.15) is 0 Å². The van der Waals surface area contributed by atoms with Gasteiger partial charge in [0.25, 0.3) is 0 Å². The predicted octanol–water partition coefficient (Wildman–Crippen LogP) is 12.4. The van der Waals surface area contributed by atoms with Crippen LogP contribution in [0.3, 0.4) is 0 Å². The highest BCUT2D eigenvalue weighted by molar-refractivity contribution is 6.10. The van der Waals surface area contributed by atoms with E-state index in [-0.39, 0.29) is 0 Å². The van der Waals surface area contributed by atoms with E-state index in [2.05, 4.69) is 152 Å². The monoisotopic (exact) mass is 651 g/mol. The van der Waals surface area contributed by atoms with Crippen LogP contribution in [0.25, 0.3) is 99.9 Å². The lowest BCUT2D eigenvalue weighted by molar-refractivity contribution is 0.669. The molecule has 10 aromatic rings. The van der Waals surface area contributed by atoms with Gasteiger partial charge >= 0.3 is 0 Å². The Bertz CT molecular complexity index is 2910. The Morgan fingerprint density at radius 2 is 0.882 bits per heavy atom. The lowest BCUT2D eigenvalue weighted by Crippen LogP contribution is -2.01. The Kier molecular flexibility index (Phi) is 6.78. The van der Waals surface area contributed by atoms with Gasteiger partial charge in [0.2, 0.25) is 0 Å². The van der Waals surface area contributed by atoms with E-state index in [1.54, 1.807) is 0 Å². The number of hydrogen-bond acceptors (Lipinski definition) is 4. The van der Waals surface area contributed by atoms with Crippen LogP contribution in [0.5, 0.6) is 0 Å². The fourth-order valence-electron chi connectivity index (χ4n) is 7.20. The van der Waals surface area contributed by atoms with Crippen molar-refractivity contribution < 1.29 is 4.42 Å². The molecule has 51 heavy (non-hydrogen) atoms. The van der Waals surface area contributed by atoms with Crippen molar-refractivity contribution in [2.75, 3.05) is 0 Å². The molecule has 0 radical (unpaired) electrons. The Balaban J connectivity index is 1.18. The van der Waals surface area contributed by atoms with Gasteiger partial charge in [0, 0.05) is 27.5 Å². The average Bonchev–Trinajstić information content (AvgIpc) is 3.57. The maximum absolute atomic E-state index is 6.25. The van der Waals surface area contributed by atoms with Crippen LogP contribution < -0.4 is 0 Å². The molecule has 4 heteroatoms. The molecule has 2 heterocycles. The van der Waals surface area contributed by atoms with Crippen molar-refractivity contribution in [3.8, 4) is 56.4 Å². The normalized spacial score (nSPS) is 11.5. The minimum atomic E-state index is 0.614. The first kappa shape index (κ1) is 29.0. The molecule has 2 aromatic heterocycles. The van der Waals surface area contributed by atoms with Gasteiger partial charge in [0.1, 0.15) is 11.2 Å². The summed E-state index contributed by atoms with van der Waals surface area (Å²) in [4.78, 5) is 15.5. The van der Waals surface area contributed by atoms with E-state index >= 15 is 0 Å². The molecule has 8 aromatic carbocycles. The Labute approximate surface area is 294 Å². The van der Waals surface area contributed by atoms with E-state index in [0.717, 1.165) is 71.3 Å². The van der Waals surface area contributed by atoms with Crippen molar-refractivity contribution in [1.82, 2.24) is 15.0 Å². The number of aromatic nitrogens is 3. The van der Waals surface area contributed by atoms with Gasteiger partial charge in [0.15, 0.2) is 17.5 Å². The van der Waals surface area contributed by atoms with Crippen molar-refractivity contribution in [3.63, 3.8) is 0 Å². The van der Waals surface area contributed by atoms with Crippen LogP contribution in [0, 0.1) is 0 Å². The maximum Gasteiger partial charge on any atom is 0.164 e. The van der Waals surface area contributed by atoms with Crippen molar-refractivity contribution in [2.24, 2.45) is 0 Å². The van der Waals surface area contributed by atoms with E-state index in [1.165, 1.54) is 11.1 Å². The van der Waals surface area contributed by atoms with Gasteiger partial charge in [-0.3, -0.25) is 0 Å². The van der Waals surface area contributed by atoms with Gasteiger partial charge in [-0.1, -0.05) is 146 Å². The number of para-hydroxylation sites is 1. The standard InChI is InChI=1S/C47H29N3O/c1-3-12-30(13-4-1)32-16-9-17-34(26-32)45-48-46(35-25-24-33-28-42-40-18-7-8-23-43(40)51-44(42)29-36(33)27-35)50-47(49-45)41-22-11-20-38-37(19-10-21-39(38)41)31-14-5-2-6-15-31/h1-29H. The van der Waals surface area contributed by atoms with Gasteiger partial charge in [-0.05, 0) is 74.1 Å². The molecular formula is C47H29N3O. The maximum atomic E-state index is 6.25. The van der Waals surface area contributed by atoms with Gasteiger partial charge in [0.05, 0.1) is 0 Å². The van der Waals surface area contributed by atoms with Gasteiger partial charge in [-0.25, -0.2) is 15.0 Å². The number of hydrogen-bond donors (Lipinski definition) is 0. The lowest BCUT2D eigenvalue weighted by atomic mass is 9.95. The Hall–Kier alpha value is -6.91. The summed E-state index contributed by atoms with van der Waals surface area (Å²) in [6.07, 6.45) is 0. The summed E-state index contributed by atoms with van der Waals surface area (Å²) >= 11 is 0. The minimum absolute atomic E-state index is 0.614. The fourth-order valence-corrected chi connectivity index (χ4v) is 7.20. The smallest absolute Gasteiger partial charge is 0.164 e. The summed E-state index contributed by atoms with van der Waals surface area (Å²) in [6, 6.07) is 61.1. The molecule has 0 N–H and O–H groups in total. The first-order chi connectivity index (χ1) is 25.2. The van der Waals surface area contributed by atoms with Crippen molar-refractivity contribution in [1.29, 1.82) is 0 Å². The molecule has 10 rings (SSSR count). The van der Waals surface area contributed by atoms with Crippen LogP contribution in [0.15, 0.2) is 180 Å². The molecule has 4 nitrogen and oxygen atoms in total. The molecule has 0 amide bonds. The van der Waals surface area contributed by atoms with Crippen LogP contribution in [-0.4, -0.2) is 15.0 Å². The van der Waals surface area contributed by atoms with Gasteiger partial charge in [-0.2, -0.15) is 0 Å². The Morgan fingerprint density at radius 1 is 0.294 bits per heavy atom. The zero-order chi connectivity index (χ0) is 33.7. The van der Waals surface area contributed by atoms with E-state index in [9.17, 15) is 0 Å². The average molecular weight is 652 g/mol. The second-order valence-electron chi connectivity index (χ2n) is 12.8. The van der Waals surface area contributed by atoms with Crippen molar-refractivity contribution in [2.45, 2.75) is 0 Å². The number of rotatable bonds is 5. The summed E-state index contributed by atoms with van der Waals surface area (Å²) in [7, 11) is 0. The molecule has 0 saturated carbocycles. The van der Waals surface area contributed by atoms with Crippen molar-refractivity contribution in [3.05, 3.63) is 176 Å². The van der Waals surface area contributed by atoms with Gasteiger partial charge < -0.3 is 4.42 Å². The van der Waals surface area contributed by atoms with E-state index in [1.807, 2.05) is 24.3 Å². The fraction of sp³-hybridized carbons (Fsp3) is 0. The molecule has 0 atom stereocenters. The third kappa shape index (κ3) is 5.13.